The summed E-state index contributed by atoms with van der Waals surface area (Å²) in [6, 6.07) is 4.48. The molecule has 94 valence electrons. The van der Waals surface area contributed by atoms with Crippen LogP contribution in [0.15, 0.2) is 18.2 Å². The quantitative estimate of drug-likeness (QED) is 0.744. The topological polar surface area (TPSA) is 26.3 Å². The van der Waals surface area contributed by atoms with Gasteiger partial charge in [-0.15, -0.1) is 0 Å². The summed E-state index contributed by atoms with van der Waals surface area (Å²) in [5.41, 5.74) is 0.676. The highest BCUT2D eigenvalue weighted by Gasteiger charge is 2.04. The zero-order chi connectivity index (χ0) is 12.7. The lowest BCUT2D eigenvalue weighted by atomic mass is 10.2. The van der Waals surface area contributed by atoms with Crippen LogP contribution in [-0.4, -0.2) is 12.4 Å². The molecule has 4 heteroatoms. The van der Waals surface area contributed by atoms with Crippen molar-refractivity contribution in [2.45, 2.75) is 32.8 Å². The number of ketones is 1. The van der Waals surface area contributed by atoms with Crippen LogP contribution in [0.25, 0.3) is 0 Å². The number of rotatable bonds is 7. The lowest BCUT2D eigenvalue weighted by Gasteiger charge is -2.04. The first kappa shape index (κ1) is 14.1. The molecule has 0 N–H and O–H groups in total. The first-order chi connectivity index (χ1) is 8.13. The van der Waals surface area contributed by atoms with Gasteiger partial charge >= 0.3 is 0 Å². The number of carbonyl (C=O) groups excluding carboxylic acids is 1. The van der Waals surface area contributed by atoms with Crippen LogP contribution < -0.4 is 0 Å². The van der Waals surface area contributed by atoms with Gasteiger partial charge in [0.05, 0.1) is 11.6 Å². The highest BCUT2D eigenvalue weighted by atomic mass is 35.5. The van der Waals surface area contributed by atoms with Gasteiger partial charge in [0.25, 0.3) is 0 Å². The third-order valence-corrected chi connectivity index (χ3v) is 2.63. The van der Waals surface area contributed by atoms with E-state index >= 15 is 0 Å². The molecule has 0 saturated carbocycles. The van der Waals surface area contributed by atoms with E-state index in [-0.39, 0.29) is 24.0 Å². The summed E-state index contributed by atoms with van der Waals surface area (Å²) < 4.78 is 18.3. The average Bonchev–Trinajstić information content (AvgIpc) is 2.31. The van der Waals surface area contributed by atoms with Crippen molar-refractivity contribution in [1.29, 1.82) is 0 Å². The molecule has 0 spiro atoms. The number of carbonyl (C=O) groups is 1. The number of benzene rings is 1. The molecule has 0 aromatic heterocycles. The Bertz CT molecular complexity index is 380. The smallest absolute Gasteiger partial charge is 0.158 e. The molecule has 1 aromatic carbocycles. The fourth-order valence-electron chi connectivity index (χ4n) is 1.36. The van der Waals surface area contributed by atoms with Crippen molar-refractivity contribution in [1.82, 2.24) is 0 Å². The maximum absolute atomic E-state index is 13.1. The van der Waals surface area contributed by atoms with E-state index in [2.05, 4.69) is 0 Å². The lowest BCUT2D eigenvalue weighted by molar-refractivity contribution is -0.124. The zero-order valence-corrected chi connectivity index (χ0v) is 10.6. The SMILES string of the molecule is CCCCC(=O)COCc1ccc(Cl)c(F)c1. The van der Waals surface area contributed by atoms with Crippen molar-refractivity contribution >= 4 is 17.4 Å². The van der Waals surface area contributed by atoms with Gasteiger partial charge in [-0.25, -0.2) is 4.39 Å². The van der Waals surface area contributed by atoms with Crippen molar-refractivity contribution < 1.29 is 13.9 Å². The molecule has 0 fully saturated rings. The molecule has 0 aliphatic rings. The second kappa shape index (κ2) is 7.41. The zero-order valence-electron chi connectivity index (χ0n) is 9.84. The van der Waals surface area contributed by atoms with E-state index in [1.165, 1.54) is 12.1 Å². The van der Waals surface area contributed by atoms with Gasteiger partial charge in [0.15, 0.2) is 5.78 Å². The van der Waals surface area contributed by atoms with Gasteiger partial charge < -0.3 is 4.74 Å². The van der Waals surface area contributed by atoms with Gasteiger partial charge in [0, 0.05) is 6.42 Å². The largest absolute Gasteiger partial charge is 0.369 e. The van der Waals surface area contributed by atoms with Crippen molar-refractivity contribution in [3.63, 3.8) is 0 Å². The first-order valence-corrected chi connectivity index (χ1v) is 6.04. The van der Waals surface area contributed by atoms with Crippen molar-refractivity contribution in [2.75, 3.05) is 6.61 Å². The molecule has 0 aliphatic heterocycles. The summed E-state index contributed by atoms with van der Waals surface area (Å²) in [7, 11) is 0. The van der Waals surface area contributed by atoms with Crippen LogP contribution in [0.5, 0.6) is 0 Å². The third kappa shape index (κ3) is 5.29. The minimum atomic E-state index is -0.468. The molecule has 2 nitrogen and oxygen atoms in total. The Hall–Kier alpha value is -0.930. The van der Waals surface area contributed by atoms with Gasteiger partial charge in [0.1, 0.15) is 12.4 Å². The molecule has 1 rings (SSSR count). The van der Waals surface area contributed by atoms with Gasteiger partial charge in [-0.3, -0.25) is 4.79 Å². The van der Waals surface area contributed by atoms with Crippen molar-refractivity contribution in [3.8, 4) is 0 Å². The van der Waals surface area contributed by atoms with E-state index < -0.39 is 5.82 Å². The molecule has 17 heavy (non-hydrogen) atoms. The van der Waals surface area contributed by atoms with Crippen LogP contribution in [0.1, 0.15) is 31.7 Å². The van der Waals surface area contributed by atoms with Crippen LogP contribution >= 0.6 is 11.6 Å². The van der Waals surface area contributed by atoms with Crippen molar-refractivity contribution in [2.24, 2.45) is 0 Å². The molecule has 1 aromatic rings. The van der Waals surface area contributed by atoms with Crippen LogP contribution in [0, 0.1) is 5.82 Å². The summed E-state index contributed by atoms with van der Waals surface area (Å²) in [5.74, 6) is -0.383. The standard InChI is InChI=1S/C13H16ClFO2/c1-2-3-4-11(16)9-17-8-10-5-6-12(14)13(15)7-10/h5-7H,2-4,8-9H2,1H3. The Labute approximate surface area is 106 Å². The predicted molar refractivity (Wildman–Crippen MR) is 65.6 cm³/mol. The molecule has 0 unspecified atom stereocenters. The van der Waals surface area contributed by atoms with Crippen LogP contribution in [0.3, 0.4) is 0 Å². The fraction of sp³-hybridized carbons (Fsp3) is 0.462. The van der Waals surface area contributed by atoms with Gasteiger partial charge in [0.2, 0.25) is 0 Å². The molecule has 0 atom stereocenters. The summed E-state index contributed by atoms with van der Waals surface area (Å²) in [6.45, 7) is 2.35. The molecule has 0 aliphatic carbocycles. The summed E-state index contributed by atoms with van der Waals surface area (Å²) in [4.78, 5) is 11.3. The fourth-order valence-corrected chi connectivity index (χ4v) is 1.48. The second-order valence-corrected chi connectivity index (χ2v) is 4.29. The van der Waals surface area contributed by atoms with Crippen molar-refractivity contribution in [3.05, 3.63) is 34.6 Å². The maximum atomic E-state index is 13.1. The molecule has 0 radical (unpaired) electrons. The molecule has 0 amide bonds. The minimum absolute atomic E-state index is 0.0845. The van der Waals surface area contributed by atoms with E-state index in [9.17, 15) is 9.18 Å². The maximum Gasteiger partial charge on any atom is 0.158 e. The average molecular weight is 259 g/mol. The Morgan fingerprint density at radius 2 is 2.24 bits per heavy atom. The summed E-state index contributed by atoms with van der Waals surface area (Å²) in [5, 5.41) is 0.0905. The minimum Gasteiger partial charge on any atom is -0.369 e. The number of hydrogen-bond donors (Lipinski definition) is 0. The second-order valence-electron chi connectivity index (χ2n) is 3.88. The molecule has 0 saturated heterocycles. The van der Waals surface area contributed by atoms with E-state index in [4.69, 9.17) is 16.3 Å². The van der Waals surface area contributed by atoms with Gasteiger partial charge in [-0.05, 0) is 24.1 Å². The van der Waals surface area contributed by atoms with E-state index in [0.29, 0.717) is 12.0 Å². The summed E-state index contributed by atoms with van der Waals surface area (Å²) in [6.07, 6.45) is 2.43. The van der Waals surface area contributed by atoms with Gasteiger partial charge in [-0.2, -0.15) is 0 Å². The Balaban J connectivity index is 2.30. The molecule has 0 bridgehead atoms. The highest BCUT2D eigenvalue weighted by molar-refractivity contribution is 6.30. The van der Waals surface area contributed by atoms with Crippen LogP contribution in [0.2, 0.25) is 5.02 Å². The van der Waals surface area contributed by atoms with E-state index in [1.54, 1.807) is 6.07 Å². The van der Waals surface area contributed by atoms with E-state index in [1.807, 2.05) is 6.92 Å². The number of ether oxygens (including phenoxy) is 1. The van der Waals surface area contributed by atoms with Crippen LogP contribution in [-0.2, 0) is 16.1 Å². The Kier molecular flexibility index (Phi) is 6.16. The Morgan fingerprint density at radius 3 is 2.88 bits per heavy atom. The molecular weight excluding hydrogens is 243 g/mol. The number of unbranched alkanes of at least 4 members (excludes halogenated alkanes) is 1. The Morgan fingerprint density at radius 1 is 1.47 bits per heavy atom. The molecule has 0 heterocycles. The molecular formula is C13H16ClFO2. The number of Topliss-reactive ketones (excluding diaryl/α,β-unsaturated/α-hetero) is 1. The van der Waals surface area contributed by atoms with Crippen LogP contribution in [0.4, 0.5) is 4.39 Å². The number of halogens is 2. The first-order valence-electron chi connectivity index (χ1n) is 5.67. The monoisotopic (exact) mass is 258 g/mol. The summed E-state index contributed by atoms with van der Waals surface area (Å²) >= 11 is 5.55. The van der Waals surface area contributed by atoms with Gasteiger partial charge in [-0.1, -0.05) is 31.0 Å². The highest BCUT2D eigenvalue weighted by Crippen LogP contribution is 2.16. The third-order valence-electron chi connectivity index (χ3n) is 2.32. The predicted octanol–water partition coefficient (Wildman–Crippen LogP) is 3.76. The normalized spacial score (nSPS) is 10.5. The van der Waals surface area contributed by atoms with E-state index in [0.717, 1.165) is 12.8 Å². The number of hydrogen-bond acceptors (Lipinski definition) is 2. The lowest BCUT2D eigenvalue weighted by Crippen LogP contribution is -2.08.